The quantitative estimate of drug-likeness (QED) is 0.835. The van der Waals surface area contributed by atoms with Gasteiger partial charge in [0.2, 0.25) is 0 Å². The molecule has 19 heavy (non-hydrogen) atoms. The number of nitrogens with zero attached hydrogens (tertiary/aromatic N) is 1. The Bertz CT molecular complexity index is 665. The number of carbonyl (C=O) groups excluding carboxylic acids is 1. The largest absolute Gasteiger partial charge is 0.359 e. The van der Waals surface area contributed by atoms with Crippen LogP contribution in [0.25, 0.3) is 10.9 Å². The molecule has 2 aliphatic heterocycles. The summed E-state index contributed by atoms with van der Waals surface area (Å²) in [7, 11) is 0. The molecule has 1 aromatic heterocycles. The van der Waals surface area contributed by atoms with Crippen LogP contribution >= 0.6 is 12.4 Å². The van der Waals surface area contributed by atoms with E-state index in [0.717, 1.165) is 18.7 Å². The highest BCUT2D eigenvalue weighted by atomic mass is 35.5. The molecule has 2 N–H and O–H groups in total. The van der Waals surface area contributed by atoms with Crippen molar-refractivity contribution in [2.24, 2.45) is 0 Å². The van der Waals surface area contributed by atoms with E-state index in [1.807, 2.05) is 17.0 Å². The van der Waals surface area contributed by atoms with Gasteiger partial charge in [0, 0.05) is 36.7 Å². The van der Waals surface area contributed by atoms with Crippen LogP contribution in [0.3, 0.4) is 0 Å². The lowest BCUT2D eigenvalue weighted by molar-refractivity contribution is 0.0643. The molecule has 0 spiro atoms. The summed E-state index contributed by atoms with van der Waals surface area (Å²) in [6, 6.07) is 4.01. The van der Waals surface area contributed by atoms with Crippen LogP contribution in [-0.4, -0.2) is 34.9 Å². The molecule has 100 valence electrons. The molecule has 0 radical (unpaired) electrons. The number of hydrogen-bond acceptors (Lipinski definition) is 2. The Kier molecular flexibility index (Phi) is 2.76. The average Bonchev–Trinajstić information content (AvgIpc) is 2.80. The van der Waals surface area contributed by atoms with Crippen molar-refractivity contribution in [1.29, 1.82) is 0 Å². The molecule has 2 aliphatic rings. The van der Waals surface area contributed by atoms with Gasteiger partial charge in [0.15, 0.2) is 0 Å². The summed E-state index contributed by atoms with van der Waals surface area (Å²) in [5, 5.41) is 3.59. The lowest BCUT2D eigenvalue weighted by Gasteiger charge is -2.35. The Morgan fingerprint density at radius 1 is 1.32 bits per heavy atom. The number of benzene rings is 1. The Morgan fingerprint density at radius 2 is 2.11 bits per heavy atom. The third kappa shape index (κ3) is 1.58. The second kappa shape index (κ2) is 4.21. The topological polar surface area (TPSA) is 48.1 Å². The molecule has 1 saturated heterocycles. The van der Waals surface area contributed by atoms with Crippen molar-refractivity contribution in [3.8, 4) is 0 Å². The van der Waals surface area contributed by atoms with Crippen molar-refractivity contribution >= 4 is 29.2 Å². The third-order valence-electron chi connectivity index (χ3n) is 3.90. The second-order valence-corrected chi connectivity index (χ2v) is 4.90. The van der Waals surface area contributed by atoms with E-state index in [2.05, 4.69) is 10.3 Å². The lowest BCUT2D eigenvalue weighted by Crippen LogP contribution is -2.57. The number of rotatable bonds is 1. The number of aromatic amines is 1. The van der Waals surface area contributed by atoms with Gasteiger partial charge in [-0.3, -0.25) is 4.79 Å². The molecule has 0 saturated carbocycles. The first kappa shape index (κ1) is 12.4. The monoisotopic (exact) mass is 281 g/mol. The molecule has 0 unspecified atom stereocenters. The minimum atomic E-state index is -0.344. The van der Waals surface area contributed by atoms with Gasteiger partial charge in [0.25, 0.3) is 5.91 Å². The standard InChI is InChI=1S/C13H12FN3O.ClH/c14-9-5-16-10-2-1-7-6-17(8-3-15-4-8)13(18)11(7)12(9)10;/h1-2,5,8,15-16H,3-4,6H2;1H. The van der Waals surface area contributed by atoms with Crippen molar-refractivity contribution < 1.29 is 9.18 Å². The maximum absolute atomic E-state index is 13.8. The normalized spacial score (nSPS) is 18.4. The van der Waals surface area contributed by atoms with Gasteiger partial charge >= 0.3 is 0 Å². The second-order valence-electron chi connectivity index (χ2n) is 4.90. The smallest absolute Gasteiger partial charge is 0.255 e. The van der Waals surface area contributed by atoms with Crippen LogP contribution in [0, 0.1) is 5.82 Å². The summed E-state index contributed by atoms with van der Waals surface area (Å²) >= 11 is 0. The number of fused-ring (bicyclic) bond motifs is 3. The maximum atomic E-state index is 13.8. The first-order valence-corrected chi connectivity index (χ1v) is 6.06. The van der Waals surface area contributed by atoms with Gasteiger partial charge in [0.05, 0.1) is 11.6 Å². The predicted octanol–water partition coefficient (Wildman–Crippen LogP) is 1.66. The van der Waals surface area contributed by atoms with E-state index in [1.165, 1.54) is 6.20 Å². The third-order valence-corrected chi connectivity index (χ3v) is 3.90. The van der Waals surface area contributed by atoms with Crippen molar-refractivity contribution in [3.63, 3.8) is 0 Å². The summed E-state index contributed by atoms with van der Waals surface area (Å²) in [6.07, 6.45) is 1.31. The van der Waals surface area contributed by atoms with Crippen LogP contribution in [0.5, 0.6) is 0 Å². The summed E-state index contributed by atoms with van der Waals surface area (Å²) in [5.41, 5.74) is 2.16. The maximum Gasteiger partial charge on any atom is 0.255 e. The number of carbonyl (C=O) groups is 1. The molecule has 4 rings (SSSR count). The van der Waals surface area contributed by atoms with E-state index in [4.69, 9.17) is 0 Å². The first-order valence-electron chi connectivity index (χ1n) is 6.06. The van der Waals surface area contributed by atoms with Crippen molar-refractivity contribution in [1.82, 2.24) is 15.2 Å². The number of aromatic nitrogens is 1. The number of H-pyrrole nitrogens is 1. The zero-order valence-corrected chi connectivity index (χ0v) is 10.9. The van der Waals surface area contributed by atoms with Crippen LogP contribution in [-0.2, 0) is 6.54 Å². The summed E-state index contributed by atoms with van der Waals surface area (Å²) in [6.45, 7) is 2.26. The lowest BCUT2D eigenvalue weighted by atomic mass is 10.1. The van der Waals surface area contributed by atoms with Crippen LogP contribution in [0.2, 0.25) is 0 Å². The molecule has 0 aliphatic carbocycles. The SMILES string of the molecule is Cl.O=C1c2c(ccc3[nH]cc(F)c23)CN1C1CNC1. The molecular weight excluding hydrogens is 269 g/mol. The van der Waals surface area contributed by atoms with E-state index in [9.17, 15) is 9.18 Å². The fraction of sp³-hybridized carbons (Fsp3) is 0.308. The Labute approximate surface area is 115 Å². The Morgan fingerprint density at radius 3 is 2.79 bits per heavy atom. The molecule has 0 atom stereocenters. The number of hydrogen-bond donors (Lipinski definition) is 2. The van der Waals surface area contributed by atoms with Crippen LogP contribution < -0.4 is 5.32 Å². The van der Waals surface area contributed by atoms with E-state index >= 15 is 0 Å². The van der Waals surface area contributed by atoms with Gasteiger partial charge in [-0.05, 0) is 11.6 Å². The zero-order chi connectivity index (χ0) is 12.3. The first-order chi connectivity index (χ1) is 8.75. The zero-order valence-electron chi connectivity index (χ0n) is 10.1. The van der Waals surface area contributed by atoms with Gasteiger partial charge in [0.1, 0.15) is 5.82 Å². The minimum Gasteiger partial charge on any atom is -0.359 e. The van der Waals surface area contributed by atoms with E-state index in [-0.39, 0.29) is 30.2 Å². The van der Waals surface area contributed by atoms with Crippen LogP contribution in [0.4, 0.5) is 4.39 Å². The van der Waals surface area contributed by atoms with Gasteiger partial charge in [-0.1, -0.05) is 6.07 Å². The average molecular weight is 282 g/mol. The predicted molar refractivity (Wildman–Crippen MR) is 72.0 cm³/mol. The highest BCUT2D eigenvalue weighted by Crippen LogP contribution is 2.33. The summed E-state index contributed by atoms with van der Waals surface area (Å²) < 4.78 is 13.8. The van der Waals surface area contributed by atoms with Gasteiger partial charge in [-0.25, -0.2) is 4.39 Å². The van der Waals surface area contributed by atoms with Crippen LogP contribution in [0.1, 0.15) is 15.9 Å². The summed E-state index contributed by atoms with van der Waals surface area (Å²) in [4.78, 5) is 17.1. The molecule has 3 heterocycles. The molecule has 2 aromatic rings. The van der Waals surface area contributed by atoms with E-state index in [0.29, 0.717) is 23.0 Å². The molecule has 1 amide bonds. The molecule has 4 nitrogen and oxygen atoms in total. The number of nitrogens with one attached hydrogen (secondary N) is 2. The minimum absolute atomic E-state index is 0. The molecule has 1 fully saturated rings. The number of amides is 1. The fourth-order valence-corrected chi connectivity index (χ4v) is 2.79. The van der Waals surface area contributed by atoms with Gasteiger partial charge in [-0.2, -0.15) is 0 Å². The van der Waals surface area contributed by atoms with Crippen molar-refractivity contribution in [3.05, 3.63) is 35.3 Å². The van der Waals surface area contributed by atoms with Gasteiger partial charge < -0.3 is 15.2 Å². The molecule has 6 heteroatoms. The van der Waals surface area contributed by atoms with Crippen LogP contribution in [0.15, 0.2) is 18.3 Å². The van der Waals surface area contributed by atoms with Gasteiger partial charge in [-0.15, -0.1) is 12.4 Å². The Balaban J connectivity index is 0.00000110. The highest BCUT2D eigenvalue weighted by molar-refractivity contribution is 6.10. The Hall–Kier alpha value is -1.59. The van der Waals surface area contributed by atoms with E-state index in [1.54, 1.807) is 0 Å². The fourth-order valence-electron chi connectivity index (χ4n) is 2.79. The van der Waals surface area contributed by atoms with Crippen molar-refractivity contribution in [2.75, 3.05) is 13.1 Å². The molecular formula is C13H13ClFN3O. The molecule has 0 bridgehead atoms. The highest BCUT2D eigenvalue weighted by Gasteiger charge is 2.37. The van der Waals surface area contributed by atoms with Crippen molar-refractivity contribution in [2.45, 2.75) is 12.6 Å². The van der Waals surface area contributed by atoms with E-state index < -0.39 is 0 Å². The number of halogens is 2. The molecule has 1 aromatic carbocycles. The summed E-state index contributed by atoms with van der Waals surface area (Å²) in [5.74, 6) is -0.385.